The Labute approximate surface area is 158 Å². The zero-order chi connectivity index (χ0) is 17.2. The molecule has 0 unspecified atom stereocenters. The van der Waals surface area contributed by atoms with Gasteiger partial charge in [0.15, 0.2) is 0 Å². The lowest BCUT2D eigenvalue weighted by Crippen LogP contribution is -2.48. The van der Waals surface area contributed by atoms with Crippen molar-refractivity contribution in [1.82, 2.24) is 9.80 Å². The summed E-state index contributed by atoms with van der Waals surface area (Å²) in [6, 6.07) is 15.5. The van der Waals surface area contributed by atoms with Crippen LogP contribution >= 0.6 is 23.4 Å². The van der Waals surface area contributed by atoms with Crippen LogP contribution in [0.4, 0.5) is 0 Å². The standard InChI is InChI=1S/C20H23ClN2OS/c21-16-5-6-19-15(13-16)14-18(17-3-1-2-4-20(17)25-19)23-9-7-22(8-10-23)11-12-24/h1-6,13,18,24H,7-12,14H2/t18-/m0/s1. The zero-order valence-electron chi connectivity index (χ0n) is 14.2. The van der Waals surface area contributed by atoms with Crippen LogP contribution in [0, 0.1) is 0 Å². The first-order chi connectivity index (χ1) is 12.2. The van der Waals surface area contributed by atoms with Crippen LogP contribution in [0.3, 0.4) is 0 Å². The number of piperazine rings is 1. The molecule has 2 aromatic carbocycles. The lowest BCUT2D eigenvalue weighted by molar-refractivity contribution is 0.0823. The van der Waals surface area contributed by atoms with Crippen LogP contribution in [-0.2, 0) is 6.42 Å². The minimum atomic E-state index is 0.245. The Morgan fingerprint density at radius 3 is 2.64 bits per heavy atom. The number of benzene rings is 2. The first kappa shape index (κ1) is 17.4. The van der Waals surface area contributed by atoms with E-state index in [4.69, 9.17) is 16.7 Å². The van der Waals surface area contributed by atoms with E-state index in [9.17, 15) is 0 Å². The summed E-state index contributed by atoms with van der Waals surface area (Å²) in [6.07, 6.45) is 1.000. The second-order valence-electron chi connectivity index (χ2n) is 6.71. The number of aliphatic hydroxyl groups is 1. The molecule has 1 atom stereocenters. The van der Waals surface area contributed by atoms with Gasteiger partial charge in [-0.15, -0.1) is 0 Å². The van der Waals surface area contributed by atoms with E-state index in [2.05, 4.69) is 46.2 Å². The molecule has 2 aliphatic heterocycles. The smallest absolute Gasteiger partial charge is 0.0558 e. The summed E-state index contributed by atoms with van der Waals surface area (Å²) in [5, 5.41) is 9.98. The summed E-state index contributed by atoms with van der Waals surface area (Å²) in [5.41, 5.74) is 2.77. The average Bonchev–Trinajstić information content (AvgIpc) is 2.79. The zero-order valence-corrected chi connectivity index (χ0v) is 15.8. The Bertz CT molecular complexity index is 746. The Balaban J connectivity index is 1.64. The molecule has 25 heavy (non-hydrogen) atoms. The number of fused-ring (bicyclic) bond motifs is 2. The monoisotopic (exact) mass is 374 g/mol. The third kappa shape index (κ3) is 3.74. The van der Waals surface area contributed by atoms with Crippen LogP contribution < -0.4 is 0 Å². The minimum Gasteiger partial charge on any atom is -0.395 e. The van der Waals surface area contributed by atoms with Crippen LogP contribution in [0.1, 0.15) is 17.2 Å². The van der Waals surface area contributed by atoms with E-state index < -0.39 is 0 Å². The molecule has 0 amide bonds. The molecule has 5 heteroatoms. The van der Waals surface area contributed by atoms with E-state index in [-0.39, 0.29) is 6.61 Å². The van der Waals surface area contributed by atoms with Gasteiger partial charge in [-0.05, 0) is 41.8 Å². The molecule has 2 aromatic rings. The van der Waals surface area contributed by atoms with Crippen molar-refractivity contribution in [1.29, 1.82) is 0 Å². The molecule has 0 bridgehead atoms. The quantitative estimate of drug-likeness (QED) is 0.886. The molecular formula is C20H23ClN2OS. The highest BCUT2D eigenvalue weighted by Crippen LogP contribution is 2.43. The van der Waals surface area contributed by atoms with Gasteiger partial charge in [0.05, 0.1) is 6.61 Å². The van der Waals surface area contributed by atoms with Crippen LogP contribution in [0.15, 0.2) is 52.3 Å². The summed E-state index contributed by atoms with van der Waals surface area (Å²) in [4.78, 5) is 7.62. The molecule has 0 saturated carbocycles. The molecule has 0 radical (unpaired) electrons. The molecule has 1 N–H and O–H groups in total. The second-order valence-corrected chi connectivity index (χ2v) is 8.23. The van der Waals surface area contributed by atoms with E-state index in [0.717, 1.165) is 44.2 Å². The molecule has 3 nitrogen and oxygen atoms in total. The predicted octanol–water partition coefficient (Wildman–Crippen LogP) is 3.70. The number of rotatable bonds is 3. The van der Waals surface area contributed by atoms with Crippen molar-refractivity contribution in [3.05, 3.63) is 58.6 Å². The average molecular weight is 375 g/mol. The first-order valence-electron chi connectivity index (χ1n) is 8.87. The van der Waals surface area contributed by atoms with E-state index in [0.29, 0.717) is 6.04 Å². The van der Waals surface area contributed by atoms with Gasteiger partial charge in [0, 0.05) is 53.6 Å². The lowest BCUT2D eigenvalue weighted by Gasteiger charge is -2.39. The van der Waals surface area contributed by atoms with Crippen molar-refractivity contribution in [3.8, 4) is 0 Å². The lowest BCUT2D eigenvalue weighted by atomic mass is 9.96. The molecule has 132 valence electrons. The third-order valence-corrected chi connectivity index (χ3v) is 6.64. The maximum absolute atomic E-state index is 9.17. The molecule has 1 fully saturated rings. The van der Waals surface area contributed by atoms with Gasteiger partial charge in [0.1, 0.15) is 0 Å². The van der Waals surface area contributed by atoms with Gasteiger partial charge >= 0.3 is 0 Å². The Morgan fingerprint density at radius 2 is 1.84 bits per heavy atom. The molecule has 0 spiro atoms. The summed E-state index contributed by atoms with van der Waals surface area (Å²) in [7, 11) is 0. The molecule has 2 aliphatic rings. The summed E-state index contributed by atoms with van der Waals surface area (Å²) < 4.78 is 0. The first-order valence-corrected chi connectivity index (χ1v) is 10.1. The van der Waals surface area contributed by atoms with Crippen molar-refractivity contribution in [3.63, 3.8) is 0 Å². The Hall–Kier alpha value is -1.04. The van der Waals surface area contributed by atoms with E-state index in [1.807, 2.05) is 17.8 Å². The van der Waals surface area contributed by atoms with E-state index in [1.54, 1.807) is 0 Å². The van der Waals surface area contributed by atoms with Crippen molar-refractivity contribution in [2.24, 2.45) is 0 Å². The number of hydrogen-bond acceptors (Lipinski definition) is 4. The fourth-order valence-corrected chi connectivity index (χ4v) is 5.17. The van der Waals surface area contributed by atoms with Gasteiger partial charge < -0.3 is 5.11 Å². The second kappa shape index (κ2) is 7.68. The highest BCUT2D eigenvalue weighted by Gasteiger charge is 2.29. The number of β-amino-alcohol motifs (C(OH)–C–C–N with tert-alkyl or cyclic N) is 1. The summed E-state index contributed by atoms with van der Waals surface area (Å²) >= 11 is 8.14. The number of nitrogens with zero attached hydrogens (tertiary/aromatic N) is 2. The van der Waals surface area contributed by atoms with Crippen molar-refractivity contribution in [2.45, 2.75) is 22.3 Å². The highest BCUT2D eigenvalue weighted by molar-refractivity contribution is 7.99. The topological polar surface area (TPSA) is 26.7 Å². The molecule has 1 saturated heterocycles. The van der Waals surface area contributed by atoms with Gasteiger partial charge in [0.25, 0.3) is 0 Å². The van der Waals surface area contributed by atoms with Crippen LogP contribution in [-0.4, -0.2) is 54.2 Å². The maximum atomic E-state index is 9.17. The normalized spacial score (nSPS) is 21.4. The largest absolute Gasteiger partial charge is 0.395 e. The fraction of sp³-hybridized carbons (Fsp3) is 0.400. The van der Waals surface area contributed by atoms with Crippen molar-refractivity contribution in [2.75, 3.05) is 39.3 Å². The van der Waals surface area contributed by atoms with Crippen LogP contribution in [0.2, 0.25) is 5.02 Å². The molecule has 0 aliphatic carbocycles. The Morgan fingerprint density at radius 1 is 1.04 bits per heavy atom. The van der Waals surface area contributed by atoms with E-state index in [1.165, 1.54) is 20.9 Å². The number of hydrogen-bond donors (Lipinski definition) is 1. The molecular weight excluding hydrogens is 352 g/mol. The van der Waals surface area contributed by atoms with Gasteiger partial charge in [-0.2, -0.15) is 0 Å². The molecule has 2 heterocycles. The van der Waals surface area contributed by atoms with Crippen LogP contribution in [0.5, 0.6) is 0 Å². The maximum Gasteiger partial charge on any atom is 0.0558 e. The number of halogens is 1. The predicted molar refractivity (Wildman–Crippen MR) is 104 cm³/mol. The highest BCUT2D eigenvalue weighted by atomic mass is 35.5. The Kier molecular flexibility index (Phi) is 5.34. The summed E-state index contributed by atoms with van der Waals surface area (Å²) in [5.74, 6) is 0. The van der Waals surface area contributed by atoms with Crippen molar-refractivity contribution < 1.29 is 5.11 Å². The van der Waals surface area contributed by atoms with Gasteiger partial charge in [-0.25, -0.2) is 0 Å². The van der Waals surface area contributed by atoms with Crippen LogP contribution in [0.25, 0.3) is 0 Å². The molecule has 4 rings (SSSR count). The number of aliphatic hydroxyl groups excluding tert-OH is 1. The SMILES string of the molecule is OCCN1CCN([C@H]2Cc3cc(Cl)ccc3Sc3ccccc32)CC1. The molecule has 0 aromatic heterocycles. The van der Waals surface area contributed by atoms with Gasteiger partial charge in [-0.1, -0.05) is 41.6 Å². The van der Waals surface area contributed by atoms with Gasteiger partial charge in [0.2, 0.25) is 0 Å². The van der Waals surface area contributed by atoms with Crippen molar-refractivity contribution >= 4 is 23.4 Å². The van der Waals surface area contributed by atoms with E-state index >= 15 is 0 Å². The third-order valence-electron chi connectivity index (χ3n) is 5.20. The summed E-state index contributed by atoms with van der Waals surface area (Å²) in [6.45, 7) is 5.15. The minimum absolute atomic E-state index is 0.245. The fourth-order valence-electron chi connectivity index (χ4n) is 3.86. The van der Waals surface area contributed by atoms with Gasteiger partial charge in [-0.3, -0.25) is 9.80 Å².